The first-order chi connectivity index (χ1) is 17.2. The van der Waals surface area contributed by atoms with E-state index in [2.05, 4.69) is 31.7 Å². The molecule has 2 N–H and O–H groups in total. The van der Waals surface area contributed by atoms with E-state index in [0.717, 1.165) is 44.6 Å². The number of fused-ring (bicyclic) bond motifs is 2. The smallest absolute Gasteiger partial charge is 0.160 e. The van der Waals surface area contributed by atoms with Gasteiger partial charge >= 0.3 is 0 Å². The van der Waals surface area contributed by atoms with E-state index in [-0.39, 0.29) is 12.6 Å². The van der Waals surface area contributed by atoms with Crippen LogP contribution in [0.3, 0.4) is 0 Å². The molecule has 0 spiro atoms. The van der Waals surface area contributed by atoms with Crippen molar-refractivity contribution in [1.29, 1.82) is 0 Å². The van der Waals surface area contributed by atoms with E-state index in [1.165, 1.54) is 0 Å². The number of benzene rings is 3. The van der Waals surface area contributed by atoms with Crippen molar-refractivity contribution in [1.82, 2.24) is 15.2 Å². The van der Waals surface area contributed by atoms with Crippen molar-refractivity contribution in [2.24, 2.45) is 5.18 Å². The van der Waals surface area contributed by atoms with Gasteiger partial charge in [-0.05, 0) is 29.8 Å². The Hall–Kier alpha value is -4.23. The molecule has 1 atom stereocenters. The molecule has 0 radical (unpaired) electrons. The maximum absolute atomic E-state index is 11.2. The molecule has 6 rings (SSSR count). The summed E-state index contributed by atoms with van der Waals surface area (Å²) in [6.07, 6.45) is 1.95. The van der Waals surface area contributed by atoms with Gasteiger partial charge in [0.1, 0.15) is 18.9 Å². The largest absolute Gasteiger partial charge is 0.489 e. The van der Waals surface area contributed by atoms with E-state index in [1.807, 2.05) is 72.9 Å². The molecule has 0 amide bonds. The van der Waals surface area contributed by atoms with Crippen LogP contribution in [0.1, 0.15) is 28.4 Å². The maximum Gasteiger partial charge on any atom is 0.160 e. The Kier molecular flexibility index (Phi) is 5.39. The summed E-state index contributed by atoms with van der Waals surface area (Å²) < 4.78 is 6.09. The lowest BCUT2D eigenvalue weighted by Gasteiger charge is -2.20. The standard InChI is InChI=1S/C27H20ClN5O2/c28-21-10-3-1-6-17(21)15-35-18-8-5-7-16(12-18)26-20-13-29-27-25(20)24(23(14-30-34)32-33-27)19-9-2-4-11-22(19)31-26/h1-13,26,31H,14-15H2,(H,29,33). The molecular weight excluding hydrogens is 462 g/mol. The van der Waals surface area contributed by atoms with Gasteiger partial charge in [0.15, 0.2) is 5.65 Å². The lowest BCUT2D eigenvalue weighted by Crippen LogP contribution is -2.11. The molecule has 0 aliphatic carbocycles. The highest BCUT2D eigenvalue weighted by Crippen LogP contribution is 2.45. The fraction of sp³-hybridized carbons (Fsp3) is 0.111. The predicted molar refractivity (Wildman–Crippen MR) is 137 cm³/mol. The Morgan fingerprint density at radius 3 is 2.74 bits per heavy atom. The number of nitroso groups, excluding NO2 is 1. The van der Waals surface area contributed by atoms with Gasteiger partial charge in [0.05, 0.1) is 11.7 Å². The van der Waals surface area contributed by atoms with Crippen LogP contribution in [0, 0.1) is 4.91 Å². The van der Waals surface area contributed by atoms with Gasteiger partial charge in [-0.15, -0.1) is 5.10 Å². The lowest BCUT2D eigenvalue weighted by atomic mass is 9.96. The average Bonchev–Trinajstić information content (AvgIpc) is 3.24. The van der Waals surface area contributed by atoms with Gasteiger partial charge in [-0.25, -0.2) is 0 Å². The second-order valence-electron chi connectivity index (χ2n) is 8.35. The summed E-state index contributed by atoms with van der Waals surface area (Å²) >= 11 is 6.29. The van der Waals surface area contributed by atoms with E-state index < -0.39 is 0 Å². The Labute approximate surface area is 206 Å². The molecule has 1 aliphatic rings. The van der Waals surface area contributed by atoms with Crippen molar-refractivity contribution in [3.8, 4) is 16.9 Å². The molecule has 0 fully saturated rings. The van der Waals surface area contributed by atoms with E-state index >= 15 is 0 Å². The van der Waals surface area contributed by atoms with Crippen LogP contribution in [0.5, 0.6) is 5.75 Å². The molecule has 3 aromatic carbocycles. The minimum absolute atomic E-state index is 0.0483. The van der Waals surface area contributed by atoms with Crippen LogP contribution >= 0.6 is 11.6 Å². The zero-order valence-electron chi connectivity index (χ0n) is 18.5. The number of ether oxygens (including phenoxy) is 1. The molecule has 3 heterocycles. The number of aromatic amines is 1. The second kappa shape index (κ2) is 8.85. The van der Waals surface area contributed by atoms with E-state index in [4.69, 9.17) is 16.3 Å². The summed E-state index contributed by atoms with van der Waals surface area (Å²) in [4.78, 5) is 14.4. The van der Waals surface area contributed by atoms with Gasteiger partial charge in [-0.3, -0.25) is 0 Å². The fourth-order valence-electron chi connectivity index (χ4n) is 4.65. The van der Waals surface area contributed by atoms with Crippen LogP contribution < -0.4 is 10.1 Å². The van der Waals surface area contributed by atoms with Gasteiger partial charge in [0, 0.05) is 44.5 Å². The highest BCUT2D eigenvalue weighted by Gasteiger charge is 2.28. The van der Waals surface area contributed by atoms with E-state index in [1.54, 1.807) is 0 Å². The van der Waals surface area contributed by atoms with Gasteiger partial charge in [-0.1, -0.05) is 65.3 Å². The molecule has 0 saturated heterocycles. The van der Waals surface area contributed by atoms with Crippen LogP contribution in [0.2, 0.25) is 5.02 Å². The first kappa shape index (κ1) is 21.3. The summed E-state index contributed by atoms with van der Waals surface area (Å²) in [6, 6.07) is 23.5. The number of rotatable bonds is 6. The zero-order chi connectivity index (χ0) is 23.8. The summed E-state index contributed by atoms with van der Waals surface area (Å²) in [5, 5.41) is 17.0. The highest BCUT2D eigenvalue weighted by atomic mass is 35.5. The van der Waals surface area contributed by atoms with Gasteiger partial charge in [0.2, 0.25) is 0 Å². The molecule has 35 heavy (non-hydrogen) atoms. The average molecular weight is 482 g/mol. The molecule has 172 valence electrons. The number of halogens is 1. The third-order valence-electron chi connectivity index (χ3n) is 6.26. The summed E-state index contributed by atoms with van der Waals surface area (Å²) in [5.41, 5.74) is 6.96. The van der Waals surface area contributed by atoms with Crippen LogP contribution in [-0.4, -0.2) is 15.2 Å². The Bertz CT molecular complexity index is 1560. The van der Waals surface area contributed by atoms with Crippen LogP contribution in [0.25, 0.3) is 22.2 Å². The van der Waals surface area contributed by atoms with Crippen molar-refractivity contribution >= 4 is 28.3 Å². The van der Waals surface area contributed by atoms with Gasteiger partial charge in [-0.2, -0.15) is 10.0 Å². The normalized spacial score (nSPS) is 14.1. The fourth-order valence-corrected chi connectivity index (χ4v) is 4.84. The van der Waals surface area contributed by atoms with Crippen molar-refractivity contribution in [3.63, 3.8) is 0 Å². The number of anilines is 1. The third kappa shape index (κ3) is 3.80. The van der Waals surface area contributed by atoms with E-state index in [0.29, 0.717) is 23.0 Å². The number of para-hydroxylation sites is 1. The number of nitrogens with zero attached hydrogens (tertiary/aromatic N) is 3. The molecule has 1 aliphatic heterocycles. The maximum atomic E-state index is 11.2. The number of hydrogen-bond donors (Lipinski definition) is 2. The number of aromatic nitrogens is 3. The van der Waals surface area contributed by atoms with Crippen molar-refractivity contribution < 1.29 is 4.74 Å². The predicted octanol–water partition coefficient (Wildman–Crippen LogP) is 6.64. The molecule has 2 aromatic heterocycles. The highest BCUT2D eigenvalue weighted by molar-refractivity contribution is 6.31. The third-order valence-corrected chi connectivity index (χ3v) is 6.63. The zero-order valence-corrected chi connectivity index (χ0v) is 19.3. The second-order valence-corrected chi connectivity index (χ2v) is 8.76. The van der Waals surface area contributed by atoms with Crippen LogP contribution in [0.4, 0.5) is 5.69 Å². The molecule has 0 bridgehead atoms. The summed E-state index contributed by atoms with van der Waals surface area (Å²) in [6.45, 7) is 0.326. The van der Waals surface area contributed by atoms with Gasteiger partial charge < -0.3 is 15.0 Å². The molecule has 8 heteroatoms. The molecular formula is C27H20ClN5O2. The minimum Gasteiger partial charge on any atom is -0.489 e. The van der Waals surface area contributed by atoms with Crippen molar-refractivity contribution in [3.05, 3.63) is 111 Å². The monoisotopic (exact) mass is 481 g/mol. The lowest BCUT2D eigenvalue weighted by molar-refractivity contribution is 0.306. The molecule has 0 saturated carbocycles. The first-order valence-electron chi connectivity index (χ1n) is 11.2. The van der Waals surface area contributed by atoms with Crippen LogP contribution in [-0.2, 0) is 13.2 Å². The minimum atomic E-state index is -0.184. The first-order valence-corrected chi connectivity index (χ1v) is 11.6. The Morgan fingerprint density at radius 2 is 1.86 bits per heavy atom. The van der Waals surface area contributed by atoms with E-state index in [9.17, 15) is 4.91 Å². The molecule has 5 aromatic rings. The number of H-pyrrole nitrogens is 1. The number of hydrogen-bond acceptors (Lipinski definition) is 6. The van der Waals surface area contributed by atoms with Crippen molar-refractivity contribution in [2.75, 3.05) is 5.32 Å². The number of nitrogens with one attached hydrogen (secondary N) is 2. The SMILES string of the molecule is O=NCc1nnc2[nH]cc3c2c1-c1ccccc1NC3c1cccc(OCc2ccccc2Cl)c1. The van der Waals surface area contributed by atoms with Gasteiger partial charge in [0.25, 0.3) is 0 Å². The van der Waals surface area contributed by atoms with Crippen molar-refractivity contribution in [2.45, 2.75) is 19.2 Å². The Balaban J connectivity index is 1.44. The molecule has 1 unspecified atom stereocenters. The molecule has 7 nitrogen and oxygen atoms in total. The summed E-state index contributed by atoms with van der Waals surface area (Å²) in [5.74, 6) is 0.743. The van der Waals surface area contributed by atoms with Crippen LogP contribution in [0.15, 0.2) is 84.2 Å². The Morgan fingerprint density at radius 1 is 1.00 bits per heavy atom. The topological polar surface area (TPSA) is 92.3 Å². The quantitative estimate of drug-likeness (QED) is 0.265. The summed E-state index contributed by atoms with van der Waals surface area (Å²) in [7, 11) is 0.